The van der Waals surface area contributed by atoms with Gasteiger partial charge in [0.05, 0.1) is 6.04 Å². The van der Waals surface area contributed by atoms with Crippen molar-refractivity contribution < 1.29 is 19.4 Å². The molecule has 0 radical (unpaired) electrons. The summed E-state index contributed by atoms with van der Waals surface area (Å²) in [6.45, 7) is 6.94. The van der Waals surface area contributed by atoms with Crippen LogP contribution in [0.4, 0.5) is 10.5 Å². The van der Waals surface area contributed by atoms with E-state index >= 15 is 0 Å². The zero-order valence-corrected chi connectivity index (χ0v) is 20.2. The van der Waals surface area contributed by atoms with Gasteiger partial charge in [0.1, 0.15) is 5.75 Å². The van der Waals surface area contributed by atoms with E-state index in [9.17, 15) is 9.59 Å². The molecule has 7 nitrogen and oxygen atoms in total. The number of nitrogens with zero attached hydrogens (tertiary/aromatic N) is 3. The number of pyridine rings is 1. The van der Waals surface area contributed by atoms with E-state index < -0.39 is 6.16 Å². The molecule has 2 heterocycles. The number of benzene rings is 1. The monoisotopic (exact) mass is 465 g/mol. The SMILES string of the molecule is CC(C)CC(=O)N(CCC1CCN(c2ccncc2)CC1)C1CCc2ccc(OC(=O)O)cc21. The van der Waals surface area contributed by atoms with Crippen molar-refractivity contribution in [3.63, 3.8) is 0 Å². The van der Waals surface area contributed by atoms with Gasteiger partial charge in [0, 0.05) is 44.1 Å². The third-order valence-corrected chi connectivity index (χ3v) is 7.07. The van der Waals surface area contributed by atoms with Crippen LogP contribution in [0, 0.1) is 11.8 Å². The number of carbonyl (C=O) groups is 2. The van der Waals surface area contributed by atoms with Gasteiger partial charge in [-0.1, -0.05) is 19.9 Å². The number of ether oxygens (including phenoxy) is 1. The Labute approximate surface area is 201 Å². The highest BCUT2D eigenvalue weighted by Crippen LogP contribution is 2.39. The fourth-order valence-electron chi connectivity index (χ4n) is 5.32. The highest BCUT2D eigenvalue weighted by atomic mass is 16.7. The summed E-state index contributed by atoms with van der Waals surface area (Å²) in [5, 5.41) is 9.00. The molecule has 2 aliphatic rings. The Kier molecular flexibility index (Phi) is 7.70. The molecule has 1 unspecified atom stereocenters. The van der Waals surface area contributed by atoms with Gasteiger partial charge in [-0.25, -0.2) is 4.79 Å². The number of amides is 1. The minimum Gasteiger partial charge on any atom is -0.449 e. The van der Waals surface area contributed by atoms with Crippen molar-refractivity contribution in [3.05, 3.63) is 53.9 Å². The first kappa shape index (κ1) is 24.0. The molecule has 1 aromatic heterocycles. The number of piperidine rings is 1. The van der Waals surface area contributed by atoms with E-state index in [2.05, 4.69) is 40.8 Å². The minimum atomic E-state index is -1.32. The summed E-state index contributed by atoms with van der Waals surface area (Å²) in [5.41, 5.74) is 3.43. The summed E-state index contributed by atoms with van der Waals surface area (Å²) in [6.07, 6.45) is 7.87. The molecular formula is C27H35N3O4. The minimum absolute atomic E-state index is 0.0181. The first-order chi connectivity index (χ1) is 16.4. The van der Waals surface area contributed by atoms with Gasteiger partial charge >= 0.3 is 6.16 Å². The molecule has 0 spiro atoms. The highest BCUT2D eigenvalue weighted by molar-refractivity contribution is 5.77. The van der Waals surface area contributed by atoms with Crippen LogP contribution in [0.15, 0.2) is 42.7 Å². The third-order valence-electron chi connectivity index (χ3n) is 7.07. The summed E-state index contributed by atoms with van der Waals surface area (Å²) < 4.78 is 4.90. The number of fused-ring (bicyclic) bond motifs is 1. The van der Waals surface area contributed by atoms with Gasteiger partial charge in [-0.3, -0.25) is 9.78 Å². The Hall–Kier alpha value is -3.09. The number of carboxylic acid groups (broad SMARTS) is 1. The van der Waals surface area contributed by atoms with E-state index in [1.807, 2.05) is 24.5 Å². The van der Waals surface area contributed by atoms with Crippen molar-refractivity contribution in [2.75, 3.05) is 24.5 Å². The first-order valence-corrected chi connectivity index (χ1v) is 12.4. The van der Waals surface area contributed by atoms with Crippen molar-refractivity contribution in [3.8, 4) is 5.75 Å². The normalized spacial score (nSPS) is 18.1. The van der Waals surface area contributed by atoms with E-state index in [1.165, 1.54) is 11.3 Å². The molecule has 7 heteroatoms. The fourth-order valence-corrected chi connectivity index (χ4v) is 5.32. The summed E-state index contributed by atoms with van der Waals surface area (Å²) in [6, 6.07) is 9.55. The average molecular weight is 466 g/mol. The fraction of sp³-hybridized carbons (Fsp3) is 0.519. The first-order valence-electron chi connectivity index (χ1n) is 12.4. The van der Waals surface area contributed by atoms with Crippen LogP contribution in [0.1, 0.15) is 63.1 Å². The zero-order chi connectivity index (χ0) is 24.1. The standard InChI is InChI=1S/C27H35N3O4/c1-19(2)17-26(31)30(25-6-4-21-3-5-23(18-24(21)25)34-27(32)33)16-11-20-9-14-29(15-10-20)22-7-12-28-13-8-22/h3,5,7-8,12-13,18-20,25H,4,6,9-11,14-17H2,1-2H3,(H,32,33). The van der Waals surface area contributed by atoms with Gasteiger partial charge in [0.25, 0.3) is 0 Å². The maximum Gasteiger partial charge on any atom is 0.511 e. The molecule has 1 atom stereocenters. The molecule has 4 rings (SSSR count). The predicted molar refractivity (Wildman–Crippen MR) is 131 cm³/mol. The quantitative estimate of drug-likeness (QED) is 0.420. The summed E-state index contributed by atoms with van der Waals surface area (Å²) in [5.74, 6) is 1.39. The lowest BCUT2D eigenvalue weighted by atomic mass is 9.92. The summed E-state index contributed by atoms with van der Waals surface area (Å²) in [4.78, 5) is 32.9. The smallest absolute Gasteiger partial charge is 0.449 e. The van der Waals surface area contributed by atoms with E-state index in [1.54, 1.807) is 6.07 Å². The number of rotatable bonds is 8. The molecule has 0 saturated carbocycles. The molecule has 1 aliphatic carbocycles. The largest absolute Gasteiger partial charge is 0.511 e. The van der Waals surface area contributed by atoms with Crippen LogP contribution in [-0.4, -0.2) is 46.7 Å². The van der Waals surface area contributed by atoms with Crippen molar-refractivity contribution in [2.24, 2.45) is 11.8 Å². The van der Waals surface area contributed by atoms with Crippen molar-refractivity contribution in [2.45, 2.75) is 58.4 Å². The Bertz CT molecular complexity index is 987. The van der Waals surface area contributed by atoms with Crippen LogP contribution in [0.2, 0.25) is 0 Å². The number of anilines is 1. The third kappa shape index (κ3) is 5.88. The van der Waals surface area contributed by atoms with E-state index in [0.717, 1.165) is 57.3 Å². The lowest BCUT2D eigenvalue weighted by Crippen LogP contribution is -2.38. The van der Waals surface area contributed by atoms with Crippen LogP contribution in [0.5, 0.6) is 5.75 Å². The van der Waals surface area contributed by atoms with Crippen LogP contribution in [0.25, 0.3) is 0 Å². The van der Waals surface area contributed by atoms with Crippen LogP contribution < -0.4 is 9.64 Å². The average Bonchev–Trinajstić information content (AvgIpc) is 3.22. The molecule has 2 aromatic rings. The lowest BCUT2D eigenvalue weighted by molar-refractivity contribution is -0.134. The van der Waals surface area contributed by atoms with E-state index in [0.29, 0.717) is 24.0 Å². The van der Waals surface area contributed by atoms with Gasteiger partial charge in [0.2, 0.25) is 5.91 Å². The topological polar surface area (TPSA) is 83.0 Å². The second kappa shape index (κ2) is 10.9. The molecule has 1 saturated heterocycles. The molecule has 1 N–H and O–H groups in total. The number of hydrogen-bond donors (Lipinski definition) is 1. The second-order valence-corrected chi connectivity index (χ2v) is 9.89. The van der Waals surface area contributed by atoms with Crippen LogP contribution in [0.3, 0.4) is 0 Å². The predicted octanol–water partition coefficient (Wildman–Crippen LogP) is 5.31. The lowest BCUT2D eigenvalue weighted by Gasteiger charge is -2.36. The molecule has 1 aliphatic heterocycles. The molecule has 182 valence electrons. The second-order valence-electron chi connectivity index (χ2n) is 9.89. The summed E-state index contributed by atoms with van der Waals surface area (Å²) in [7, 11) is 0. The van der Waals surface area contributed by atoms with Crippen molar-refractivity contribution in [1.29, 1.82) is 0 Å². The number of carbonyl (C=O) groups excluding carboxylic acids is 1. The van der Waals surface area contributed by atoms with Gasteiger partial charge in [0.15, 0.2) is 0 Å². The van der Waals surface area contributed by atoms with Crippen molar-refractivity contribution in [1.82, 2.24) is 9.88 Å². The zero-order valence-electron chi connectivity index (χ0n) is 20.2. The van der Waals surface area contributed by atoms with Gasteiger partial charge in [-0.05, 0) is 79.3 Å². The van der Waals surface area contributed by atoms with Gasteiger partial charge < -0.3 is 19.6 Å². The molecule has 1 fully saturated rings. The highest BCUT2D eigenvalue weighted by Gasteiger charge is 2.32. The molecule has 0 bridgehead atoms. The molecule has 34 heavy (non-hydrogen) atoms. The molecule has 1 amide bonds. The van der Waals surface area contributed by atoms with Crippen LogP contribution in [-0.2, 0) is 11.2 Å². The van der Waals surface area contributed by atoms with E-state index in [-0.39, 0.29) is 11.9 Å². The Morgan fingerprint density at radius 2 is 1.88 bits per heavy atom. The maximum atomic E-state index is 13.3. The Balaban J connectivity index is 1.43. The molecule has 1 aromatic carbocycles. The van der Waals surface area contributed by atoms with Crippen LogP contribution >= 0.6 is 0 Å². The van der Waals surface area contributed by atoms with Crippen molar-refractivity contribution >= 4 is 17.7 Å². The maximum absolute atomic E-state index is 13.3. The van der Waals surface area contributed by atoms with Gasteiger partial charge in [-0.2, -0.15) is 0 Å². The Morgan fingerprint density at radius 3 is 2.56 bits per heavy atom. The Morgan fingerprint density at radius 1 is 1.15 bits per heavy atom. The van der Waals surface area contributed by atoms with Gasteiger partial charge in [-0.15, -0.1) is 0 Å². The number of aryl methyl sites for hydroxylation is 1. The number of aromatic nitrogens is 1. The van der Waals surface area contributed by atoms with E-state index in [4.69, 9.17) is 9.84 Å². The number of hydrogen-bond acceptors (Lipinski definition) is 5. The molecular weight excluding hydrogens is 430 g/mol. The summed E-state index contributed by atoms with van der Waals surface area (Å²) >= 11 is 0.